The summed E-state index contributed by atoms with van der Waals surface area (Å²) >= 11 is 1.53. The van der Waals surface area contributed by atoms with Crippen LogP contribution in [0, 0.1) is 0 Å². The molecule has 1 amide bonds. The number of amides is 1. The maximum absolute atomic E-state index is 12.2. The molecule has 1 atom stereocenters. The number of rotatable bonds is 5. The number of carboxylic acids is 1. The zero-order valence-electron chi connectivity index (χ0n) is 11.7. The van der Waals surface area contributed by atoms with Gasteiger partial charge in [0.1, 0.15) is 10.7 Å². The van der Waals surface area contributed by atoms with Crippen LogP contribution in [-0.2, 0) is 6.42 Å². The molecule has 0 aliphatic carbocycles. The Hall–Kier alpha value is -2.28. The van der Waals surface area contributed by atoms with E-state index in [0.29, 0.717) is 0 Å². The third-order valence-corrected chi connectivity index (χ3v) is 4.22. The molecule has 0 saturated carbocycles. The van der Waals surface area contributed by atoms with Gasteiger partial charge in [-0.1, -0.05) is 6.92 Å². The van der Waals surface area contributed by atoms with Crippen molar-refractivity contribution < 1.29 is 14.7 Å². The van der Waals surface area contributed by atoms with Crippen LogP contribution in [0.1, 0.15) is 50.6 Å². The van der Waals surface area contributed by atoms with Crippen molar-refractivity contribution in [1.29, 1.82) is 0 Å². The molecule has 21 heavy (non-hydrogen) atoms. The molecule has 2 N–H and O–H groups in total. The van der Waals surface area contributed by atoms with Gasteiger partial charge < -0.3 is 10.4 Å². The van der Waals surface area contributed by atoms with Gasteiger partial charge in [0.2, 0.25) is 0 Å². The van der Waals surface area contributed by atoms with Crippen LogP contribution in [0.3, 0.4) is 0 Å². The fourth-order valence-corrected chi connectivity index (χ4v) is 2.63. The van der Waals surface area contributed by atoms with Gasteiger partial charge in [-0.25, -0.2) is 9.78 Å². The Morgan fingerprint density at radius 1 is 1.43 bits per heavy atom. The zero-order valence-corrected chi connectivity index (χ0v) is 12.5. The predicted molar refractivity (Wildman–Crippen MR) is 78.6 cm³/mol. The minimum Gasteiger partial charge on any atom is -0.478 e. The van der Waals surface area contributed by atoms with E-state index in [1.165, 1.54) is 29.7 Å². The van der Waals surface area contributed by atoms with Crippen molar-refractivity contribution in [3.05, 3.63) is 45.7 Å². The normalized spacial score (nSPS) is 11.9. The molecule has 2 heterocycles. The summed E-state index contributed by atoms with van der Waals surface area (Å²) in [5.41, 5.74) is -0.209. The number of nitrogens with one attached hydrogen (secondary N) is 1. The Kier molecular flexibility index (Phi) is 4.64. The zero-order chi connectivity index (χ0) is 15.4. The highest BCUT2D eigenvalue weighted by atomic mass is 32.1. The van der Waals surface area contributed by atoms with Gasteiger partial charge in [0, 0.05) is 17.3 Å². The summed E-state index contributed by atoms with van der Waals surface area (Å²) in [6, 6.07) is 2.54. The van der Waals surface area contributed by atoms with E-state index >= 15 is 0 Å². The van der Waals surface area contributed by atoms with Gasteiger partial charge in [0.15, 0.2) is 0 Å². The van der Waals surface area contributed by atoms with Gasteiger partial charge >= 0.3 is 5.97 Å². The molecular weight excluding hydrogens is 290 g/mol. The maximum atomic E-state index is 12.2. The highest BCUT2D eigenvalue weighted by Gasteiger charge is 2.20. The van der Waals surface area contributed by atoms with E-state index in [1.54, 1.807) is 13.1 Å². The molecule has 0 fully saturated rings. The van der Waals surface area contributed by atoms with Gasteiger partial charge in [-0.15, -0.1) is 11.3 Å². The van der Waals surface area contributed by atoms with Gasteiger partial charge in [0.05, 0.1) is 11.6 Å². The van der Waals surface area contributed by atoms with Crippen molar-refractivity contribution in [2.45, 2.75) is 26.3 Å². The Balaban J connectivity index is 2.16. The Bertz CT molecular complexity index is 669. The summed E-state index contributed by atoms with van der Waals surface area (Å²) in [6.45, 7) is 3.84. The fourth-order valence-electron chi connectivity index (χ4n) is 1.77. The lowest BCUT2D eigenvalue weighted by Crippen LogP contribution is -2.29. The van der Waals surface area contributed by atoms with E-state index in [0.717, 1.165) is 16.3 Å². The third kappa shape index (κ3) is 3.43. The van der Waals surface area contributed by atoms with E-state index in [4.69, 9.17) is 5.11 Å². The summed E-state index contributed by atoms with van der Waals surface area (Å²) in [5, 5.41) is 12.6. The average molecular weight is 305 g/mol. The quantitative estimate of drug-likeness (QED) is 0.884. The highest BCUT2D eigenvalue weighted by Crippen LogP contribution is 2.20. The van der Waals surface area contributed by atoms with Crippen LogP contribution >= 0.6 is 11.3 Å². The van der Waals surface area contributed by atoms with Gasteiger partial charge in [-0.05, 0) is 25.5 Å². The number of aryl methyl sites for hydroxylation is 1. The summed E-state index contributed by atoms with van der Waals surface area (Å²) in [4.78, 5) is 32.5. The fraction of sp³-hybridized carbons (Fsp3) is 0.286. The van der Waals surface area contributed by atoms with Crippen molar-refractivity contribution in [2.75, 3.05) is 0 Å². The van der Waals surface area contributed by atoms with Crippen LogP contribution in [0.15, 0.2) is 24.5 Å². The average Bonchev–Trinajstić information content (AvgIpc) is 2.96. The number of carbonyl (C=O) groups is 2. The highest BCUT2D eigenvalue weighted by molar-refractivity contribution is 7.11. The minimum absolute atomic E-state index is 0.0934. The topological polar surface area (TPSA) is 92.2 Å². The van der Waals surface area contributed by atoms with Gasteiger partial charge in [0.25, 0.3) is 5.91 Å². The summed E-state index contributed by atoms with van der Waals surface area (Å²) in [5.74, 6) is -1.70. The van der Waals surface area contributed by atoms with Crippen LogP contribution < -0.4 is 5.32 Å². The molecular formula is C14H15N3O3S. The Morgan fingerprint density at radius 2 is 2.19 bits per heavy atom. The molecule has 0 saturated heterocycles. The number of aromatic carboxylic acids is 1. The van der Waals surface area contributed by atoms with Crippen LogP contribution in [0.2, 0.25) is 0 Å². The number of pyridine rings is 1. The molecule has 110 valence electrons. The lowest BCUT2D eigenvalue weighted by molar-refractivity contribution is 0.0689. The standard InChI is InChI=1S/C14H15N3O3S/c1-3-9-7-16-13(21-9)8(2)17-12(18)11-10(14(19)20)5-4-6-15-11/h4-8H,3H2,1-2H3,(H,17,18)(H,19,20). The minimum atomic E-state index is -1.18. The maximum Gasteiger partial charge on any atom is 0.338 e. The number of hydrogen-bond donors (Lipinski definition) is 2. The van der Waals surface area contributed by atoms with Crippen molar-refractivity contribution in [2.24, 2.45) is 0 Å². The number of carbonyl (C=O) groups excluding carboxylic acids is 1. The predicted octanol–water partition coefficient (Wildman–Crippen LogP) is 2.29. The van der Waals surface area contributed by atoms with E-state index in [1.807, 2.05) is 6.92 Å². The Labute approximate surface area is 125 Å². The lowest BCUT2D eigenvalue weighted by atomic mass is 10.2. The molecule has 0 bridgehead atoms. The van der Waals surface area contributed by atoms with E-state index < -0.39 is 11.9 Å². The third-order valence-electron chi connectivity index (χ3n) is 2.89. The van der Waals surface area contributed by atoms with E-state index in [9.17, 15) is 9.59 Å². The van der Waals surface area contributed by atoms with E-state index in [2.05, 4.69) is 15.3 Å². The second kappa shape index (κ2) is 6.45. The molecule has 2 aromatic heterocycles. The van der Waals surface area contributed by atoms with Crippen LogP contribution in [0.4, 0.5) is 0 Å². The van der Waals surface area contributed by atoms with Crippen molar-refractivity contribution in [1.82, 2.24) is 15.3 Å². The molecule has 7 heteroatoms. The summed E-state index contributed by atoms with van der Waals surface area (Å²) < 4.78 is 0. The molecule has 1 unspecified atom stereocenters. The van der Waals surface area contributed by atoms with Crippen LogP contribution in [-0.4, -0.2) is 27.0 Å². The first kappa shape index (κ1) is 15.1. The van der Waals surface area contributed by atoms with Crippen molar-refractivity contribution >= 4 is 23.2 Å². The number of carboxylic acid groups (broad SMARTS) is 1. The molecule has 0 spiro atoms. The molecule has 0 aliphatic rings. The second-order valence-electron chi connectivity index (χ2n) is 4.42. The van der Waals surface area contributed by atoms with Gasteiger partial charge in [-0.3, -0.25) is 9.78 Å². The molecule has 0 radical (unpaired) electrons. The molecule has 0 aromatic carbocycles. The number of hydrogen-bond acceptors (Lipinski definition) is 5. The van der Waals surface area contributed by atoms with Gasteiger partial charge in [-0.2, -0.15) is 0 Å². The summed E-state index contributed by atoms with van der Waals surface area (Å²) in [6.07, 6.45) is 4.07. The first-order valence-electron chi connectivity index (χ1n) is 6.46. The smallest absolute Gasteiger partial charge is 0.338 e. The lowest BCUT2D eigenvalue weighted by Gasteiger charge is -2.11. The van der Waals surface area contributed by atoms with Crippen molar-refractivity contribution in [3.63, 3.8) is 0 Å². The number of nitrogens with zero attached hydrogens (tertiary/aromatic N) is 2. The number of thiazole rings is 1. The molecule has 6 nitrogen and oxygen atoms in total. The first-order valence-corrected chi connectivity index (χ1v) is 7.28. The van der Waals surface area contributed by atoms with Crippen LogP contribution in [0.25, 0.3) is 0 Å². The number of aromatic nitrogens is 2. The monoisotopic (exact) mass is 305 g/mol. The molecule has 2 aromatic rings. The molecule has 0 aliphatic heterocycles. The second-order valence-corrected chi connectivity index (χ2v) is 5.57. The SMILES string of the molecule is CCc1cnc(C(C)NC(=O)c2ncccc2C(=O)O)s1. The first-order chi connectivity index (χ1) is 10.0. The van der Waals surface area contributed by atoms with Crippen LogP contribution in [0.5, 0.6) is 0 Å². The summed E-state index contributed by atoms with van der Waals surface area (Å²) in [7, 11) is 0. The largest absolute Gasteiger partial charge is 0.478 e. The van der Waals surface area contributed by atoms with E-state index in [-0.39, 0.29) is 17.3 Å². The molecule has 2 rings (SSSR count). The Morgan fingerprint density at radius 3 is 2.81 bits per heavy atom. The van der Waals surface area contributed by atoms with Crippen molar-refractivity contribution in [3.8, 4) is 0 Å².